The molecule has 0 atom stereocenters. The van der Waals surface area contributed by atoms with Crippen molar-refractivity contribution >= 4 is 0 Å². The van der Waals surface area contributed by atoms with Gasteiger partial charge in [0.25, 0.3) is 0 Å². The van der Waals surface area contributed by atoms with Gasteiger partial charge in [0.05, 0.1) is 0 Å². The topological polar surface area (TPSA) is 187 Å². The predicted octanol–water partition coefficient (Wildman–Crippen LogP) is -2.13. The summed E-state index contributed by atoms with van der Waals surface area (Å²) in [5.74, 6) is 0. The van der Waals surface area contributed by atoms with Crippen molar-refractivity contribution in [3.63, 3.8) is 0 Å². The van der Waals surface area contributed by atoms with Gasteiger partial charge in [0.1, 0.15) is 0 Å². The first-order valence-corrected chi connectivity index (χ1v) is 2.33. The van der Waals surface area contributed by atoms with E-state index >= 15 is 0 Å². The van der Waals surface area contributed by atoms with Crippen LogP contribution in [0.2, 0.25) is 0 Å². The Bertz CT molecular complexity index is 63.4. The molecule has 0 amide bonds. The summed E-state index contributed by atoms with van der Waals surface area (Å²) < 4.78 is 24.4. The van der Waals surface area contributed by atoms with Crippen LogP contribution < -0.4 is 12.3 Å². The van der Waals surface area contributed by atoms with Gasteiger partial charge in [-0.15, -0.1) is 0 Å². The monoisotopic (exact) mass is 268 g/mol. The van der Waals surface area contributed by atoms with Crippen LogP contribution in [0.3, 0.4) is 0 Å². The van der Waals surface area contributed by atoms with Crippen LogP contribution in [0.5, 0.6) is 0 Å². The normalized spacial score (nSPS) is 2.78. The van der Waals surface area contributed by atoms with Crippen molar-refractivity contribution in [3.05, 3.63) is 0 Å². The molecule has 9 heteroatoms. The first kappa shape index (κ1) is 53.9. The average molecular weight is 266 g/mol. The van der Waals surface area contributed by atoms with Crippen LogP contribution in [0, 0.1) is 0 Å². The van der Waals surface area contributed by atoms with Crippen molar-refractivity contribution in [3.8, 4) is 0 Å². The summed E-state index contributed by atoms with van der Waals surface area (Å²) in [7, 11) is 0. The van der Waals surface area contributed by atoms with E-state index in [4.69, 9.17) is 11.4 Å². The van der Waals surface area contributed by atoms with Crippen LogP contribution in [-0.4, -0.2) is 15.0 Å². The molecule has 62 valence electrons. The Labute approximate surface area is 71.2 Å². The van der Waals surface area contributed by atoms with Gasteiger partial charge >= 0.3 is 26.8 Å². The predicted molar refractivity (Wildman–Crippen MR) is 20.9 cm³/mol. The summed E-state index contributed by atoms with van der Waals surface area (Å²) >= 11 is -3.69. The van der Waals surface area contributed by atoms with E-state index < -0.39 is 15.4 Å². The summed E-state index contributed by atoms with van der Waals surface area (Å²) in [5.41, 5.74) is 0. The quantitative estimate of drug-likeness (QED) is 0.421. The second kappa shape index (κ2) is 37.9. The van der Waals surface area contributed by atoms with Crippen molar-refractivity contribution in [2.24, 2.45) is 0 Å². The molecule has 0 aliphatic carbocycles. The number of hydrogen-bond acceptors (Lipinski definition) is 4. The molecule has 0 aliphatic rings. The van der Waals surface area contributed by atoms with E-state index in [0.29, 0.717) is 0 Å². The molecule has 0 radical (unpaired) electrons. The van der Waals surface area contributed by atoms with Crippen molar-refractivity contribution in [2.75, 3.05) is 0 Å². The summed E-state index contributed by atoms with van der Waals surface area (Å²) in [6, 6.07) is 0. The fraction of sp³-hybridized carbons (Fsp3) is 0. The molecule has 0 aromatic heterocycles. The third-order valence-electron chi connectivity index (χ3n) is 0. The van der Waals surface area contributed by atoms with E-state index in [1.807, 2.05) is 0 Å². The van der Waals surface area contributed by atoms with Gasteiger partial charge in [-0.25, -0.2) is 0 Å². The Balaban J connectivity index is -0.00000000450. The van der Waals surface area contributed by atoms with E-state index in [-0.39, 0.29) is 44.3 Å². The van der Waals surface area contributed by atoms with Gasteiger partial charge < -0.3 is 23.3 Å². The zero-order valence-electron chi connectivity index (χ0n) is 4.53. The molecule has 0 saturated carbocycles. The Kier molecular flexibility index (Phi) is 227. The minimum absolute atomic E-state index is 0. The molecule has 0 aromatic carbocycles. The van der Waals surface area contributed by atoms with Gasteiger partial charge in [-0.05, 0) is 0 Å². The molecule has 11 N–H and O–H groups in total. The molecular formula is H11MoN2O5V. The molecule has 0 heterocycles. The first-order chi connectivity index (χ1) is 1.73. The average Bonchev–Trinajstić information content (AvgIpc) is 0.811. The second-order valence-corrected chi connectivity index (χ2v) is 0.981. The fourth-order valence-electron chi connectivity index (χ4n) is 0. The van der Waals surface area contributed by atoms with Crippen LogP contribution in [0.15, 0.2) is 0 Å². The van der Waals surface area contributed by atoms with Crippen LogP contribution >= 0.6 is 0 Å². The van der Waals surface area contributed by atoms with Crippen molar-refractivity contribution < 1.29 is 58.8 Å². The molecular weight excluding hydrogens is 255 g/mol. The van der Waals surface area contributed by atoms with Crippen LogP contribution in [-0.2, 0) is 43.8 Å². The molecule has 0 aromatic rings. The van der Waals surface area contributed by atoms with Gasteiger partial charge in [0.2, 0.25) is 0 Å². The molecule has 0 aliphatic heterocycles. The molecule has 7 nitrogen and oxygen atoms in total. The van der Waals surface area contributed by atoms with Gasteiger partial charge in [-0.1, -0.05) is 0 Å². The van der Waals surface area contributed by atoms with E-state index in [9.17, 15) is 0 Å². The van der Waals surface area contributed by atoms with E-state index in [2.05, 4.69) is 0 Å². The zero-order valence-corrected chi connectivity index (χ0v) is 7.94. The summed E-state index contributed by atoms with van der Waals surface area (Å²) in [4.78, 5) is 0. The van der Waals surface area contributed by atoms with Gasteiger partial charge in [-0.2, -0.15) is 0 Å². The Morgan fingerprint density at radius 2 is 1.00 bits per heavy atom. The maximum atomic E-state index is 8.67. The van der Waals surface area contributed by atoms with Gasteiger partial charge in [0, 0.05) is 21.1 Å². The summed E-state index contributed by atoms with van der Waals surface area (Å²) in [6.45, 7) is 0. The zero-order chi connectivity index (χ0) is 3.58. The third kappa shape index (κ3) is 853. The van der Waals surface area contributed by atoms with E-state index in [1.54, 1.807) is 0 Å². The molecule has 0 fully saturated rings. The second-order valence-electron chi connectivity index (χ2n) is 0.238. The van der Waals surface area contributed by atoms with Gasteiger partial charge in [0.15, 0.2) is 0 Å². The maximum absolute atomic E-state index is 8.67. The van der Waals surface area contributed by atoms with Crippen LogP contribution in [0.1, 0.15) is 0 Å². The Morgan fingerprint density at radius 1 is 1.00 bits per heavy atom. The van der Waals surface area contributed by atoms with Crippen molar-refractivity contribution in [2.45, 2.75) is 0 Å². The number of rotatable bonds is 0. The summed E-state index contributed by atoms with van der Waals surface area (Å²) in [6.07, 6.45) is 0. The van der Waals surface area contributed by atoms with Gasteiger partial charge in [-0.3, -0.25) is 0 Å². The van der Waals surface area contributed by atoms with E-state index in [1.165, 1.54) is 0 Å². The SMILES string of the molecule is N.N.O.O.[Mo].[O]=[V](=[O])[OH]. The van der Waals surface area contributed by atoms with Crippen LogP contribution in [0.4, 0.5) is 0 Å². The molecule has 0 bridgehead atoms. The van der Waals surface area contributed by atoms with Crippen molar-refractivity contribution in [1.29, 1.82) is 0 Å². The standard InChI is InChI=1S/Mo.2H3N.3H2O.2O.V/h;2*1H3;3*1H2;;;/q;;;;;;;;+1/p-1. The third-order valence-corrected chi connectivity index (χ3v) is 0. The minimum atomic E-state index is -3.69. The molecule has 0 spiro atoms. The molecule has 0 rings (SSSR count). The molecule has 0 saturated heterocycles. The summed E-state index contributed by atoms with van der Waals surface area (Å²) in [5, 5.41) is 0. The first-order valence-electron chi connectivity index (χ1n) is 0.565. The fourth-order valence-corrected chi connectivity index (χ4v) is 0. The molecule has 0 unspecified atom stereocenters. The Hall–Kier alpha value is 0.673. The molecule has 9 heavy (non-hydrogen) atoms. The Morgan fingerprint density at radius 3 is 1.00 bits per heavy atom. The van der Waals surface area contributed by atoms with E-state index in [0.717, 1.165) is 0 Å². The van der Waals surface area contributed by atoms with Crippen molar-refractivity contribution in [1.82, 2.24) is 12.3 Å². The number of hydrogen-bond donors (Lipinski definition) is 3. The van der Waals surface area contributed by atoms with Crippen LogP contribution in [0.25, 0.3) is 0 Å².